The van der Waals surface area contributed by atoms with E-state index in [1.165, 1.54) is 19.1 Å². The van der Waals surface area contributed by atoms with Crippen LogP contribution in [-0.4, -0.2) is 31.4 Å². The first-order valence-corrected chi connectivity index (χ1v) is 7.25. The molecule has 2 rings (SSSR count). The third-order valence-electron chi connectivity index (χ3n) is 3.81. The molecule has 0 radical (unpaired) electrons. The first kappa shape index (κ1) is 15.5. The second kappa shape index (κ2) is 6.70. The molecule has 1 aliphatic heterocycles. The smallest absolute Gasteiger partial charge is 0.309 e. The van der Waals surface area contributed by atoms with Gasteiger partial charge in [0.2, 0.25) is 0 Å². The number of rotatable bonds is 4. The summed E-state index contributed by atoms with van der Waals surface area (Å²) in [7, 11) is 0. The van der Waals surface area contributed by atoms with Crippen molar-refractivity contribution in [2.24, 2.45) is 5.92 Å². The number of hydrogen-bond acceptors (Lipinski definition) is 4. The van der Waals surface area contributed by atoms with Gasteiger partial charge in [-0.05, 0) is 44.9 Å². The van der Waals surface area contributed by atoms with E-state index in [2.05, 4.69) is 0 Å². The van der Waals surface area contributed by atoms with Crippen LogP contribution in [0.1, 0.15) is 37.0 Å². The first-order valence-electron chi connectivity index (χ1n) is 7.25. The van der Waals surface area contributed by atoms with E-state index in [1.807, 2.05) is 4.90 Å². The predicted octanol–water partition coefficient (Wildman–Crippen LogP) is 2.81. The van der Waals surface area contributed by atoms with E-state index in [4.69, 9.17) is 4.74 Å². The second-order valence-electron chi connectivity index (χ2n) is 5.24. The van der Waals surface area contributed by atoms with Crippen molar-refractivity contribution in [1.82, 2.24) is 0 Å². The van der Waals surface area contributed by atoms with E-state index in [1.54, 1.807) is 13.0 Å². The normalized spacial score (nSPS) is 15.9. The van der Waals surface area contributed by atoms with Crippen molar-refractivity contribution in [3.63, 3.8) is 0 Å². The van der Waals surface area contributed by atoms with Crippen molar-refractivity contribution in [1.29, 1.82) is 0 Å². The third-order valence-corrected chi connectivity index (χ3v) is 3.81. The molecule has 1 aromatic carbocycles. The van der Waals surface area contributed by atoms with Crippen molar-refractivity contribution < 1.29 is 18.7 Å². The number of Topliss-reactive ketones (excluding diaryl/α,β-unsaturated/α-hetero) is 1. The van der Waals surface area contributed by atoms with E-state index in [9.17, 15) is 14.0 Å². The Morgan fingerprint density at radius 3 is 2.57 bits per heavy atom. The summed E-state index contributed by atoms with van der Waals surface area (Å²) in [6, 6.07) is 4.40. The standard InChI is InChI=1S/C16H20FNO3/c1-3-21-16(20)12-6-8-18(9-7-12)15-10-13(11(2)19)4-5-14(15)17/h4-5,10,12H,3,6-9H2,1-2H3. The summed E-state index contributed by atoms with van der Waals surface area (Å²) in [4.78, 5) is 25.0. The minimum absolute atomic E-state index is 0.0855. The number of nitrogens with zero attached hydrogens (tertiary/aromatic N) is 1. The Morgan fingerprint density at radius 2 is 2.00 bits per heavy atom. The Labute approximate surface area is 123 Å². The van der Waals surface area contributed by atoms with Gasteiger partial charge < -0.3 is 9.64 Å². The Kier molecular flexibility index (Phi) is 4.94. The van der Waals surface area contributed by atoms with Gasteiger partial charge in [-0.3, -0.25) is 9.59 Å². The summed E-state index contributed by atoms with van der Waals surface area (Å²) < 4.78 is 19.0. The highest BCUT2D eigenvalue weighted by molar-refractivity contribution is 5.95. The SMILES string of the molecule is CCOC(=O)C1CCN(c2cc(C(C)=O)ccc2F)CC1. The van der Waals surface area contributed by atoms with E-state index in [0.29, 0.717) is 43.8 Å². The molecule has 0 aliphatic carbocycles. The quantitative estimate of drug-likeness (QED) is 0.632. The summed E-state index contributed by atoms with van der Waals surface area (Å²) >= 11 is 0. The van der Waals surface area contributed by atoms with Crippen LogP contribution < -0.4 is 4.90 Å². The topological polar surface area (TPSA) is 46.6 Å². The van der Waals surface area contributed by atoms with E-state index >= 15 is 0 Å². The van der Waals surface area contributed by atoms with Crippen LogP contribution in [0.25, 0.3) is 0 Å². The molecule has 1 aromatic rings. The van der Waals surface area contributed by atoms with Gasteiger partial charge in [-0.2, -0.15) is 0 Å². The molecule has 1 saturated heterocycles. The predicted molar refractivity (Wildman–Crippen MR) is 78.0 cm³/mol. The number of esters is 1. The lowest BCUT2D eigenvalue weighted by Gasteiger charge is -2.32. The van der Waals surface area contributed by atoms with Gasteiger partial charge in [-0.1, -0.05) is 0 Å². The van der Waals surface area contributed by atoms with Gasteiger partial charge in [0.15, 0.2) is 5.78 Å². The largest absolute Gasteiger partial charge is 0.466 e. The highest BCUT2D eigenvalue weighted by Crippen LogP contribution is 2.27. The fraction of sp³-hybridized carbons (Fsp3) is 0.500. The van der Waals surface area contributed by atoms with Gasteiger partial charge in [0.1, 0.15) is 5.82 Å². The molecule has 0 aromatic heterocycles. The fourth-order valence-electron chi connectivity index (χ4n) is 2.59. The molecular weight excluding hydrogens is 273 g/mol. The lowest BCUT2D eigenvalue weighted by atomic mass is 9.96. The zero-order chi connectivity index (χ0) is 15.4. The number of carbonyl (C=O) groups is 2. The van der Waals surface area contributed by atoms with Gasteiger partial charge in [0.25, 0.3) is 0 Å². The van der Waals surface area contributed by atoms with Crippen LogP contribution in [-0.2, 0) is 9.53 Å². The molecule has 0 unspecified atom stereocenters. The van der Waals surface area contributed by atoms with Gasteiger partial charge in [0, 0.05) is 18.7 Å². The molecule has 21 heavy (non-hydrogen) atoms. The van der Waals surface area contributed by atoms with Gasteiger partial charge >= 0.3 is 5.97 Å². The number of halogens is 1. The van der Waals surface area contributed by atoms with Crippen molar-refractivity contribution in [2.75, 3.05) is 24.6 Å². The number of carbonyl (C=O) groups excluding carboxylic acids is 2. The molecule has 1 aliphatic rings. The average molecular weight is 293 g/mol. The van der Waals surface area contributed by atoms with E-state index in [0.717, 1.165) is 0 Å². The molecule has 0 N–H and O–H groups in total. The third kappa shape index (κ3) is 3.60. The monoisotopic (exact) mass is 293 g/mol. The first-order chi connectivity index (χ1) is 10.0. The Bertz CT molecular complexity index is 536. The Morgan fingerprint density at radius 1 is 1.33 bits per heavy atom. The minimum Gasteiger partial charge on any atom is -0.466 e. The number of ketones is 1. The van der Waals surface area contributed by atoms with Crippen molar-refractivity contribution in [3.05, 3.63) is 29.6 Å². The summed E-state index contributed by atoms with van der Waals surface area (Å²) in [5.74, 6) is -0.706. The van der Waals surface area contributed by atoms with Gasteiger partial charge in [0.05, 0.1) is 18.2 Å². The maximum Gasteiger partial charge on any atom is 0.309 e. The Balaban J connectivity index is 2.07. The molecule has 1 heterocycles. The molecule has 114 valence electrons. The van der Waals surface area contributed by atoms with Crippen LogP contribution in [0.4, 0.5) is 10.1 Å². The fourth-order valence-corrected chi connectivity index (χ4v) is 2.59. The number of ether oxygens (including phenoxy) is 1. The highest BCUT2D eigenvalue weighted by Gasteiger charge is 2.27. The van der Waals surface area contributed by atoms with E-state index in [-0.39, 0.29) is 23.5 Å². The number of hydrogen-bond donors (Lipinski definition) is 0. The van der Waals surface area contributed by atoms with Crippen molar-refractivity contribution in [2.45, 2.75) is 26.7 Å². The summed E-state index contributed by atoms with van der Waals surface area (Å²) in [5.41, 5.74) is 0.934. The van der Waals surface area contributed by atoms with Crippen LogP contribution in [0.3, 0.4) is 0 Å². The van der Waals surface area contributed by atoms with E-state index < -0.39 is 0 Å². The average Bonchev–Trinajstić information content (AvgIpc) is 2.48. The molecule has 1 fully saturated rings. The second-order valence-corrected chi connectivity index (χ2v) is 5.24. The van der Waals surface area contributed by atoms with Crippen LogP contribution in [0, 0.1) is 11.7 Å². The number of anilines is 1. The van der Waals surface area contributed by atoms with Gasteiger partial charge in [-0.15, -0.1) is 0 Å². The van der Waals surface area contributed by atoms with Crippen LogP contribution >= 0.6 is 0 Å². The molecular formula is C16H20FNO3. The molecule has 0 bridgehead atoms. The molecule has 0 spiro atoms. The zero-order valence-electron chi connectivity index (χ0n) is 12.4. The summed E-state index contributed by atoms with van der Waals surface area (Å²) in [6.45, 7) is 4.80. The molecule has 0 atom stereocenters. The molecule has 4 nitrogen and oxygen atoms in total. The summed E-state index contributed by atoms with van der Waals surface area (Å²) in [6.07, 6.45) is 1.28. The van der Waals surface area contributed by atoms with Crippen LogP contribution in [0.5, 0.6) is 0 Å². The lowest BCUT2D eigenvalue weighted by molar-refractivity contribution is -0.148. The molecule has 5 heteroatoms. The lowest BCUT2D eigenvalue weighted by Crippen LogP contribution is -2.37. The van der Waals surface area contributed by atoms with Crippen molar-refractivity contribution in [3.8, 4) is 0 Å². The van der Waals surface area contributed by atoms with Crippen LogP contribution in [0.2, 0.25) is 0 Å². The minimum atomic E-state index is -0.338. The van der Waals surface area contributed by atoms with Gasteiger partial charge in [-0.25, -0.2) is 4.39 Å². The maximum absolute atomic E-state index is 13.9. The van der Waals surface area contributed by atoms with Crippen LogP contribution in [0.15, 0.2) is 18.2 Å². The summed E-state index contributed by atoms with van der Waals surface area (Å²) in [5, 5.41) is 0. The molecule has 0 saturated carbocycles. The maximum atomic E-state index is 13.9. The van der Waals surface area contributed by atoms with Crippen molar-refractivity contribution >= 4 is 17.4 Å². The molecule has 0 amide bonds. The zero-order valence-corrected chi connectivity index (χ0v) is 12.4. The number of benzene rings is 1. The highest BCUT2D eigenvalue weighted by atomic mass is 19.1. The number of piperidine rings is 1. The Hall–Kier alpha value is -1.91.